The van der Waals surface area contributed by atoms with Gasteiger partial charge in [-0.25, -0.2) is 9.97 Å². The molecular formula is C21H24N6O. The van der Waals surface area contributed by atoms with Crippen LogP contribution < -0.4 is 16.2 Å². The molecule has 1 aliphatic rings. The molecule has 1 aliphatic carbocycles. The van der Waals surface area contributed by atoms with Crippen LogP contribution in [-0.2, 0) is 6.54 Å². The molecule has 0 amide bonds. The molecule has 0 fully saturated rings. The maximum Gasteiger partial charge on any atom is 0.262 e. The molecule has 0 bridgehead atoms. The summed E-state index contributed by atoms with van der Waals surface area (Å²) in [5.74, 6) is 1.86. The molecule has 0 saturated carbocycles. The minimum atomic E-state index is -0.0245. The Bertz CT molecular complexity index is 1070. The molecule has 1 atom stereocenters. The molecule has 0 aromatic carbocycles. The lowest BCUT2D eigenvalue weighted by atomic mass is 9.96. The van der Waals surface area contributed by atoms with Gasteiger partial charge in [0, 0.05) is 31.2 Å². The van der Waals surface area contributed by atoms with Crippen LogP contribution in [0.15, 0.2) is 53.4 Å². The topological polar surface area (TPSA) is 84.7 Å². The van der Waals surface area contributed by atoms with Gasteiger partial charge in [-0.15, -0.1) is 0 Å². The van der Waals surface area contributed by atoms with Gasteiger partial charge in [0.15, 0.2) is 0 Å². The van der Waals surface area contributed by atoms with E-state index in [0.717, 1.165) is 24.6 Å². The van der Waals surface area contributed by atoms with Gasteiger partial charge in [0.2, 0.25) is 0 Å². The van der Waals surface area contributed by atoms with Crippen LogP contribution in [0.5, 0.6) is 0 Å². The quantitative estimate of drug-likeness (QED) is 0.658. The van der Waals surface area contributed by atoms with Crippen LogP contribution in [0.3, 0.4) is 0 Å². The van der Waals surface area contributed by atoms with Crippen LogP contribution in [0.2, 0.25) is 0 Å². The molecule has 3 aromatic rings. The molecule has 0 saturated heterocycles. The molecule has 1 unspecified atom stereocenters. The average molecular weight is 376 g/mol. The van der Waals surface area contributed by atoms with Crippen LogP contribution in [-0.4, -0.2) is 25.6 Å². The lowest BCUT2D eigenvalue weighted by Gasteiger charge is -2.23. The number of aromatic nitrogens is 4. The third kappa shape index (κ3) is 3.74. The van der Waals surface area contributed by atoms with Gasteiger partial charge in [-0.3, -0.25) is 9.78 Å². The molecule has 144 valence electrons. The Labute approximate surface area is 163 Å². The molecule has 0 aliphatic heterocycles. The second kappa shape index (κ2) is 7.80. The summed E-state index contributed by atoms with van der Waals surface area (Å²) in [6, 6.07) is 4.10. The van der Waals surface area contributed by atoms with Gasteiger partial charge in [-0.05, 0) is 50.6 Å². The van der Waals surface area contributed by atoms with Gasteiger partial charge >= 0.3 is 0 Å². The van der Waals surface area contributed by atoms with Crippen molar-refractivity contribution in [1.82, 2.24) is 19.5 Å². The van der Waals surface area contributed by atoms with Gasteiger partial charge in [0.25, 0.3) is 5.56 Å². The Balaban J connectivity index is 1.77. The number of anilines is 3. The smallest absolute Gasteiger partial charge is 0.262 e. The van der Waals surface area contributed by atoms with Gasteiger partial charge in [-0.1, -0.05) is 11.6 Å². The summed E-state index contributed by atoms with van der Waals surface area (Å²) in [7, 11) is 0. The van der Waals surface area contributed by atoms with Crippen LogP contribution >= 0.6 is 0 Å². The molecule has 3 aromatic heterocycles. The number of nitrogens with one attached hydrogen (secondary N) is 2. The maximum absolute atomic E-state index is 13.0. The largest absolute Gasteiger partial charge is 0.366 e. The van der Waals surface area contributed by atoms with E-state index in [2.05, 4.69) is 33.6 Å². The van der Waals surface area contributed by atoms with Gasteiger partial charge in [0.05, 0.1) is 11.6 Å². The van der Waals surface area contributed by atoms with Crippen molar-refractivity contribution in [1.29, 1.82) is 0 Å². The van der Waals surface area contributed by atoms with E-state index < -0.39 is 0 Å². The number of hydrogen-bond donors (Lipinski definition) is 2. The predicted molar refractivity (Wildman–Crippen MR) is 112 cm³/mol. The van der Waals surface area contributed by atoms with Crippen LogP contribution in [0, 0.1) is 0 Å². The zero-order chi connectivity index (χ0) is 19.5. The Morgan fingerprint density at radius 3 is 2.89 bits per heavy atom. The molecule has 7 nitrogen and oxygen atoms in total. The predicted octanol–water partition coefficient (Wildman–Crippen LogP) is 3.86. The minimum Gasteiger partial charge on any atom is -0.366 e. The van der Waals surface area contributed by atoms with Crippen molar-refractivity contribution in [3.63, 3.8) is 0 Å². The van der Waals surface area contributed by atoms with Crippen molar-refractivity contribution < 1.29 is 0 Å². The third-order valence-electron chi connectivity index (χ3n) is 5.10. The van der Waals surface area contributed by atoms with E-state index in [4.69, 9.17) is 4.98 Å². The monoisotopic (exact) mass is 376 g/mol. The second-order valence-electron chi connectivity index (χ2n) is 7.11. The van der Waals surface area contributed by atoms with Gasteiger partial charge in [0.1, 0.15) is 17.5 Å². The zero-order valence-corrected chi connectivity index (χ0v) is 16.1. The number of aryl methyl sites for hydroxylation is 1. The van der Waals surface area contributed by atoms with E-state index in [0.29, 0.717) is 29.4 Å². The van der Waals surface area contributed by atoms with E-state index in [1.54, 1.807) is 23.2 Å². The summed E-state index contributed by atoms with van der Waals surface area (Å²) >= 11 is 0. The average Bonchev–Trinajstić information content (AvgIpc) is 2.70. The van der Waals surface area contributed by atoms with Crippen LogP contribution in [0.4, 0.5) is 17.5 Å². The van der Waals surface area contributed by atoms with Gasteiger partial charge in [-0.2, -0.15) is 0 Å². The summed E-state index contributed by atoms with van der Waals surface area (Å²) in [6.07, 6.45) is 12.0. The molecule has 0 radical (unpaired) electrons. The first kappa shape index (κ1) is 18.2. The molecule has 28 heavy (non-hydrogen) atoms. The molecule has 2 N–H and O–H groups in total. The number of pyridine rings is 2. The lowest BCUT2D eigenvalue weighted by Crippen LogP contribution is -2.25. The fourth-order valence-electron chi connectivity index (χ4n) is 3.50. The van der Waals surface area contributed by atoms with Crippen molar-refractivity contribution in [2.24, 2.45) is 0 Å². The highest BCUT2D eigenvalue weighted by Crippen LogP contribution is 2.27. The first-order chi connectivity index (χ1) is 13.6. The Morgan fingerprint density at radius 2 is 2.18 bits per heavy atom. The van der Waals surface area contributed by atoms with Crippen molar-refractivity contribution in [2.75, 3.05) is 10.6 Å². The zero-order valence-electron chi connectivity index (χ0n) is 16.1. The summed E-state index contributed by atoms with van der Waals surface area (Å²) in [5, 5.41) is 8.17. The van der Waals surface area contributed by atoms with E-state index >= 15 is 0 Å². The number of fused-ring (bicyclic) bond motifs is 1. The molecule has 0 spiro atoms. The maximum atomic E-state index is 13.0. The summed E-state index contributed by atoms with van der Waals surface area (Å²) in [4.78, 5) is 26.0. The Hall–Kier alpha value is -3.22. The minimum absolute atomic E-state index is 0.0245. The fourth-order valence-corrected chi connectivity index (χ4v) is 3.50. The number of hydrogen-bond acceptors (Lipinski definition) is 6. The fraction of sp³-hybridized carbons (Fsp3) is 0.333. The third-order valence-corrected chi connectivity index (χ3v) is 5.10. The van der Waals surface area contributed by atoms with Crippen molar-refractivity contribution >= 4 is 28.2 Å². The van der Waals surface area contributed by atoms with E-state index in [1.807, 2.05) is 25.3 Å². The normalized spacial score (nSPS) is 16.6. The molecular weight excluding hydrogens is 352 g/mol. The molecule has 7 heteroatoms. The van der Waals surface area contributed by atoms with Gasteiger partial charge < -0.3 is 15.2 Å². The Kier molecular flexibility index (Phi) is 5.06. The van der Waals surface area contributed by atoms with E-state index in [1.165, 1.54) is 5.57 Å². The standard InChI is InChI=1S/C21H24N6O/c1-3-27-11-8-15-12-17(25-18-13-22-9-10-23-18)26-20(19(15)21(27)28)24-16-6-4-14(2)5-7-16/h4,8-13,16H,3,5-7H2,1-2H3,(H2,23,24,25,26). The van der Waals surface area contributed by atoms with Crippen molar-refractivity contribution in [3.8, 4) is 0 Å². The molecule has 3 heterocycles. The summed E-state index contributed by atoms with van der Waals surface area (Å²) < 4.78 is 1.70. The first-order valence-corrected chi connectivity index (χ1v) is 9.63. The van der Waals surface area contributed by atoms with Crippen molar-refractivity contribution in [2.45, 2.75) is 45.7 Å². The highest BCUT2D eigenvalue weighted by molar-refractivity contribution is 5.93. The second-order valence-corrected chi connectivity index (χ2v) is 7.11. The number of rotatable bonds is 5. The lowest BCUT2D eigenvalue weighted by molar-refractivity contribution is 0.623. The Morgan fingerprint density at radius 1 is 1.29 bits per heavy atom. The summed E-state index contributed by atoms with van der Waals surface area (Å²) in [6.45, 7) is 4.75. The van der Waals surface area contributed by atoms with E-state index in [-0.39, 0.29) is 11.6 Å². The highest BCUT2D eigenvalue weighted by Gasteiger charge is 2.17. The van der Waals surface area contributed by atoms with E-state index in [9.17, 15) is 4.79 Å². The molecule has 4 rings (SSSR count). The summed E-state index contributed by atoms with van der Waals surface area (Å²) in [5.41, 5.74) is 1.39. The van der Waals surface area contributed by atoms with Crippen LogP contribution in [0.25, 0.3) is 10.8 Å². The number of nitrogens with zero attached hydrogens (tertiary/aromatic N) is 4. The van der Waals surface area contributed by atoms with Crippen LogP contribution in [0.1, 0.15) is 33.1 Å². The van der Waals surface area contributed by atoms with Crippen molar-refractivity contribution in [3.05, 3.63) is 58.9 Å². The SMILES string of the molecule is CCn1ccc2cc(Nc3cnccn3)nc(NC3CC=C(C)CC3)c2c1=O. The first-order valence-electron chi connectivity index (χ1n) is 9.63. The number of allylic oxidation sites excluding steroid dienone is 1. The highest BCUT2D eigenvalue weighted by atomic mass is 16.1.